The second kappa shape index (κ2) is 4.89. The molecule has 0 saturated heterocycles. The third kappa shape index (κ3) is 2.76. The van der Waals surface area contributed by atoms with Crippen LogP contribution in [-0.2, 0) is 10.0 Å². The predicted molar refractivity (Wildman–Crippen MR) is 69.5 cm³/mol. The molecule has 1 aromatic heterocycles. The highest BCUT2D eigenvalue weighted by atomic mass is 32.2. The molecule has 1 atom stereocenters. The van der Waals surface area contributed by atoms with Crippen LogP contribution in [0.2, 0.25) is 0 Å². The Balaban J connectivity index is 2.35. The van der Waals surface area contributed by atoms with Crippen LogP contribution < -0.4 is 10.5 Å². The molecule has 1 aromatic rings. The monoisotopic (exact) mass is 280 g/mol. The molecule has 1 heterocycles. The van der Waals surface area contributed by atoms with Gasteiger partial charge < -0.3 is 5.73 Å². The largest absolute Gasteiger partial charge is 0.329 e. The number of nitrogens with zero attached hydrogens (tertiary/aromatic N) is 2. The summed E-state index contributed by atoms with van der Waals surface area (Å²) < 4.78 is 27.4. The number of nitriles is 1. The third-order valence-electron chi connectivity index (χ3n) is 3.44. The van der Waals surface area contributed by atoms with Crippen molar-refractivity contribution in [3.8, 4) is 6.07 Å². The fraction of sp³-hybridized carbons (Fsp3) is 0.500. The lowest BCUT2D eigenvalue weighted by molar-refractivity contribution is 0.374. The minimum atomic E-state index is -3.79. The first kappa shape index (κ1) is 13.9. The molecule has 3 N–H and O–H groups in total. The van der Waals surface area contributed by atoms with Crippen molar-refractivity contribution in [1.29, 1.82) is 5.26 Å². The molecule has 1 fully saturated rings. The molecule has 6 nitrogen and oxygen atoms in total. The summed E-state index contributed by atoms with van der Waals surface area (Å²) in [6.07, 6.45) is 3.32. The average molecular weight is 280 g/mol. The van der Waals surface area contributed by atoms with Crippen molar-refractivity contribution in [1.82, 2.24) is 9.71 Å². The number of rotatable bonds is 5. The molecule has 1 aliphatic rings. The third-order valence-corrected chi connectivity index (χ3v) is 5.08. The lowest BCUT2D eigenvalue weighted by Gasteiger charge is -2.29. The first-order valence-corrected chi connectivity index (χ1v) is 7.50. The van der Waals surface area contributed by atoms with Crippen LogP contribution in [0.25, 0.3) is 0 Å². The Kier molecular flexibility index (Phi) is 3.58. The lowest BCUT2D eigenvalue weighted by Crippen LogP contribution is -2.53. The number of sulfonamides is 1. The van der Waals surface area contributed by atoms with Crippen molar-refractivity contribution < 1.29 is 8.42 Å². The van der Waals surface area contributed by atoms with Crippen LogP contribution in [0.15, 0.2) is 23.2 Å². The van der Waals surface area contributed by atoms with Gasteiger partial charge in [-0.1, -0.05) is 0 Å². The summed E-state index contributed by atoms with van der Waals surface area (Å²) in [7, 11) is -3.79. The molecular formula is C12H16N4O2S. The van der Waals surface area contributed by atoms with E-state index in [0.717, 1.165) is 12.8 Å². The molecule has 0 aromatic carbocycles. The predicted octanol–water partition coefficient (Wildman–Crippen LogP) is 0.359. The van der Waals surface area contributed by atoms with Crippen molar-refractivity contribution in [2.45, 2.75) is 30.2 Å². The maximum atomic E-state index is 12.4. The normalized spacial score (nSPS) is 18.6. The van der Waals surface area contributed by atoms with Crippen LogP contribution >= 0.6 is 0 Å². The quantitative estimate of drug-likeness (QED) is 0.809. The Bertz CT molecular complexity index is 619. The molecule has 0 spiro atoms. The van der Waals surface area contributed by atoms with Gasteiger partial charge in [0.15, 0.2) is 5.69 Å². The van der Waals surface area contributed by atoms with Crippen molar-refractivity contribution in [3.05, 3.63) is 24.0 Å². The van der Waals surface area contributed by atoms with E-state index in [2.05, 4.69) is 9.71 Å². The molecule has 1 saturated carbocycles. The maximum Gasteiger partial charge on any atom is 0.244 e. The number of pyridine rings is 1. The first-order valence-electron chi connectivity index (χ1n) is 6.02. The van der Waals surface area contributed by atoms with Crippen LogP contribution in [0.1, 0.15) is 25.5 Å². The van der Waals surface area contributed by atoms with Crippen molar-refractivity contribution in [3.63, 3.8) is 0 Å². The summed E-state index contributed by atoms with van der Waals surface area (Å²) in [6.45, 7) is 2.02. The van der Waals surface area contributed by atoms with E-state index >= 15 is 0 Å². The minimum absolute atomic E-state index is 0.0992. The topological polar surface area (TPSA) is 109 Å². The molecule has 0 bridgehead atoms. The Morgan fingerprint density at radius 2 is 2.32 bits per heavy atom. The molecule has 0 radical (unpaired) electrons. The van der Waals surface area contributed by atoms with Gasteiger partial charge in [-0.25, -0.2) is 18.1 Å². The fourth-order valence-electron chi connectivity index (χ4n) is 2.07. The van der Waals surface area contributed by atoms with Gasteiger partial charge in [0.05, 0.1) is 0 Å². The molecule has 7 heteroatoms. The number of nitrogens with two attached hydrogens (primary N) is 1. The Morgan fingerprint density at radius 1 is 1.63 bits per heavy atom. The van der Waals surface area contributed by atoms with Crippen LogP contribution in [0.4, 0.5) is 0 Å². The van der Waals surface area contributed by atoms with Crippen molar-refractivity contribution >= 4 is 10.0 Å². The van der Waals surface area contributed by atoms with E-state index in [1.165, 1.54) is 18.3 Å². The minimum Gasteiger partial charge on any atom is -0.329 e. The summed E-state index contributed by atoms with van der Waals surface area (Å²) >= 11 is 0. The van der Waals surface area contributed by atoms with Gasteiger partial charge in [-0.2, -0.15) is 5.26 Å². The van der Waals surface area contributed by atoms with Gasteiger partial charge in [0.1, 0.15) is 11.0 Å². The zero-order chi connectivity index (χ0) is 14.1. The van der Waals surface area contributed by atoms with Crippen LogP contribution in [0, 0.1) is 17.2 Å². The molecule has 2 rings (SSSR count). The van der Waals surface area contributed by atoms with E-state index in [1.807, 2.05) is 0 Å². The highest BCUT2D eigenvalue weighted by molar-refractivity contribution is 7.89. The van der Waals surface area contributed by atoms with Gasteiger partial charge in [-0.3, -0.25) is 0 Å². The van der Waals surface area contributed by atoms with E-state index in [9.17, 15) is 8.42 Å². The molecule has 0 amide bonds. The fourth-order valence-corrected chi connectivity index (χ4v) is 3.65. The summed E-state index contributed by atoms with van der Waals surface area (Å²) in [4.78, 5) is 3.67. The smallest absolute Gasteiger partial charge is 0.244 e. The molecule has 0 aliphatic heterocycles. The van der Waals surface area contributed by atoms with Gasteiger partial charge in [-0.05, 0) is 37.8 Å². The number of hydrogen-bond donors (Lipinski definition) is 2. The summed E-state index contributed by atoms with van der Waals surface area (Å²) in [5.41, 5.74) is 4.92. The standard InChI is InChI=1S/C12H16N4O2S/c1-12(8-14,9-4-5-9)16-19(17,18)11-3-2-6-15-10(11)7-13/h2-3,6,9,16H,4-5,8,14H2,1H3. The van der Waals surface area contributed by atoms with E-state index in [4.69, 9.17) is 11.0 Å². The molecule has 1 aliphatic carbocycles. The first-order chi connectivity index (χ1) is 8.93. The van der Waals surface area contributed by atoms with Crippen molar-refractivity contribution in [2.75, 3.05) is 6.54 Å². The second-order valence-corrected chi connectivity index (χ2v) is 6.61. The molecule has 1 unspecified atom stereocenters. The highest BCUT2D eigenvalue weighted by Crippen LogP contribution is 2.39. The Labute approximate surface area is 112 Å². The van der Waals surface area contributed by atoms with E-state index in [-0.39, 0.29) is 23.1 Å². The zero-order valence-electron chi connectivity index (χ0n) is 10.6. The Hall–Kier alpha value is -1.49. The lowest BCUT2D eigenvalue weighted by atomic mass is 9.98. The number of aromatic nitrogens is 1. The summed E-state index contributed by atoms with van der Waals surface area (Å²) in [6, 6.07) is 4.65. The van der Waals surface area contributed by atoms with E-state index in [0.29, 0.717) is 0 Å². The van der Waals surface area contributed by atoms with Gasteiger partial charge in [0.25, 0.3) is 0 Å². The SMILES string of the molecule is CC(CN)(NS(=O)(=O)c1cccnc1C#N)C1CC1. The Morgan fingerprint density at radius 3 is 2.84 bits per heavy atom. The van der Waals surface area contributed by atoms with Gasteiger partial charge in [0.2, 0.25) is 10.0 Å². The second-order valence-electron chi connectivity index (χ2n) is 4.96. The molecule has 102 valence electrons. The van der Waals surface area contributed by atoms with E-state index < -0.39 is 15.6 Å². The van der Waals surface area contributed by atoms with Gasteiger partial charge in [0, 0.05) is 18.3 Å². The molecule has 19 heavy (non-hydrogen) atoms. The summed E-state index contributed by atoms with van der Waals surface area (Å²) in [5.74, 6) is 0.259. The number of hydrogen-bond acceptors (Lipinski definition) is 5. The molecular weight excluding hydrogens is 264 g/mol. The summed E-state index contributed by atoms with van der Waals surface area (Å²) in [5, 5.41) is 8.93. The van der Waals surface area contributed by atoms with Gasteiger partial charge in [-0.15, -0.1) is 0 Å². The highest BCUT2D eigenvalue weighted by Gasteiger charge is 2.43. The van der Waals surface area contributed by atoms with Crippen molar-refractivity contribution in [2.24, 2.45) is 11.7 Å². The van der Waals surface area contributed by atoms with Gasteiger partial charge >= 0.3 is 0 Å². The van der Waals surface area contributed by atoms with Crippen LogP contribution in [0.5, 0.6) is 0 Å². The van der Waals surface area contributed by atoms with E-state index in [1.54, 1.807) is 13.0 Å². The number of nitrogens with one attached hydrogen (secondary N) is 1. The van der Waals surface area contributed by atoms with Crippen LogP contribution in [0.3, 0.4) is 0 Å². The average Bonchev–Trinajstić information content (AvgIpc) is 3.22. The van der Waals surface area contributed by atoms with Crippen LogP contribution in [-0.4, -0.2) is 25.5 Å². The maximum absolute atomic E-state index is 12.4. The zero-order valence-corrected chi connectivity index (χ0v) is 11.4.